The van der Waals surface area contributed by atoms with E-state index in [9.17, 15) is 14.4 Å². The van der Waals surface area contributed by atoms with Crippen LogP contribution in [0.4, 0.5) is 0 Å². The number of halogens is 2. The lowest BCUT2D eigenvalue weighted by Crippen LogP contribution is -2.34. The van der Waals surface area contributed by atoms with Crippen LogP contribution in [-0.4, -0.2) is 59.0 Å². The Bertz CT molecular complexity index is 1420. The van der Waals surface area contributed by atoms with Crippen LogP contribution in [0.25, 0.3) is 0 Å². The molecule has 0 fully saturated rings. The molecule has 210 valence electrons. The van der Waals surface area contributed by atoms with Gasteiger partial charge in [0.15, 0.2) is 23.0 Å². The number of carbonyl (C=O) groups is 3. The van der Waals surface area contributed by atoms with Gasteiger partial charge in [0.2, 0.25) is 5.75 Å². The van der Waals surface area contributed by atoms with Gasteiger partial charge in [0, 0.05) is 10.6 Å². The van der Waals surface area contributed by atoms with Gasteiger partial charge in [-0.05, 0) is 54.1 Å². The molecule has 0 atom stereocenters. The molecule has 40 heavy (non-hydrogen) atoms. The zero-order valence-corrected chi connectivity index (χ0v) is 23.4. The molecule has 13 heteroatoms. The first-order valence-corrected chi connectivity index (χ1v) is 12.2. The number of carbonyl (C=O) groups excluding carboxylic acids is 3. The van der Waals surface area contributed by atoms with Crippen molar-refractivity contribution in [3.05, 3.63) is 75.3 Å². The first-order chi connectivity index (χ1) is 19.2. The van der Waals surface area contributed by atoms with Gasteiger partial charge in [-0.15, -0.1) is 0 Å². The summed E-state index contributed by atoms with van der Waals surface area (Å²) in [6.07, 6.45) is 1.35. The maximum Gasteiger partial charge on any atom is 0.345 e. The predicted octanol–water partition coefficient (Wildman–Crippen LogP) is 4.13. The Kier molecular flexibility index (Phi) is 10.6. The summed E-state index contributed by atoms with van der Waals surface area (Å²) in [5, 5.41) is 6.90. The van der Waals surface area contributed by atoms with E-state index in [-0.39, 0.29) is 34.2 Å². The summed E-state index contributed by atoms with van der Waals surface area (Å²) in [4.78, 5) is 37.2. The largest absolute Gasteiger partial charge is 0.493 e. The minimum Gasteiger partial charge on any atom is -0.493 e. The summed E-state index contributed by atoms with van der Waals surface area (Å²) < 4.78 is 26.4. The van der Waals surface area contributed by atoms with Crippen molar-refractivity contribution in [2.75, 3.05) is 35.0 Å². The van der Waals surface area contributed by atoms with E-state index >= 15 is 0 Å². The third-order valence-electron chi connectivity index (χ3n) is 5.28. The zero-order chi connectivity index (χ0) is 29.2. The van der Waals surface area contributed by atoms with Crippen LogP contribution >= 0.6 is 23.2 Å². The fraction of sp³-hybridized carbons (Fsp3) is 0.185. The number of methoxy groups -OCH3 is 4. The molecule has 0 aromatic heterocycles. The molecule has 3 aromatic rings. The van der Waals surface area contributed by atoms with E-state index < -0.39 is 17.8 Å². The highest BCUT2D eigenvalue weighted by molar-refractivity contribution is 6.36. The molecule has 0 spiro atoms. The number of amides is 2. The Labute approximate surface area is 239 Å². The highest BCUT2D eigenvalue weighted by Gasteiger charge is 2.18. The van der Waals surface area contributed by atoms with Crippen molar-refractivity contribution in [3.63, 3.8) is 0 Å². The van der Waals surface area contributed by atoms with Crippen molar-refractivity contribution < 1.29 is 38.1 Å². The van der Waals surface area contributed by atoms with Crippen LogP contribution in [0, 0.1) is 0 Å². The molecule has 0 aliphatic rings. The molecule has 0 bridgehead atoms. The van der Waals surface area contributed by atoms with Crippen molar-refractivity contribution in [2.45, 2.75) is 0 Å². The molecule has 0 aliphatic heterocycles. The number of ether oxygens (including phenoxy) is 5. The van der Waals surface area contributed by atoms with Gasteiger partial charge in [0.1, 0.15) is 0 Å². The van der Waals surface area contributed by atoms with E-state index in [0.717, 1.165) is 0 Å². The number of hydrogen-bond donors (Lipinski definition) is 2. The molecule has 3 rings (SSSR count). The lowest BCUT2D eigenvalue weighted by molar-refractivity contribution is -0.120. The third kappa shape index (κ3) is 7.55. The summed E-state index contributed by atoms with van der Waals surface area (Å²) in [6, 6.07) is 12.0. The third-order valence-corrected chi connectivity index (χ3v) is 5.83. The van der Waals surface area contributed by atoms with Crippen LogP contribution in [0.3, 0.4) is 0 Å². The molecule has 3 aromatic carbocycles. The van der Waals surface area contributed by atoms with E-state index in [1.165, 1.54) is 71.1 Å². The monoisotopic (exact) mass is 589 g/mol. The average molecular weight is 590 g/mol. The zero-order valence-electron chi connectivity index (χ0n) is 21.9. The Morgan fingerprint density at radius 3 is 2.10 bits per heavy atom. The minimum absolute atomic E-state index is 0.138. The van der Waals surface area contributed by atoms with Gasteiger partial charge in [-0.1, -0.05) is 23.2 Å². The summed E-state index contributed by atoms with van der Waals surface area (Å²) in [5.74, 6) is -0.482. The van der Waals surface area contributed by atoms with Crippen LogP contribution in [0.2, 0.25) is 10.0 Å². The van der Waals surface area contributed by atoms with Crippen molar-refractivity contribution >= 4 is 47.2 Å². The SMILES string of the molecule is COc1cc(C=NNC(=O)CNC(=O)c2cc(OC)c(OC)c(OC)c2)ccc1OC(=O)c1ccc(Cl)cc1Cl. The number of esters is 1. The van der Waals surface area contributed by atoms with Gasteiger partial charge in [0.05, 0.1) is 51.8 Å². The number of rotatable bonds is 11. The van der Waals surface area contributed by atoms with Gasteiger partial charge >= 0.3 is 5.97 Å². The lowest BCUT2D eigenvalue weighted by atomic mass is 10.1. The van der Waals surface area contributed by atoms with E-state index in [4.69, 9.17) is 46.9 Å². The molecule has 2 N–H and O–H groups in total. The molecule has 0 heterocycles. The van der Waals surface area contributed by atoms with E-state index in [2.05, 4.69) is 15.8 Å². The first kappa shape index (κ1) is 30.1. The Balaban J connectivity index is 1.58. The van der Waals surface area contributed by atoms with Crippen LogP contribution in [0.1, 0.15) is 26.3 Å². The number of hydrogen-bond acceptors (Lipinski definition) is 9. The first-order valence-electron chi connectivity index (χ1n) is 11.5. The molecule has 0 saturated heterocycles. The molecule has 2 amide bonds. The lowest BCUT2D eigenvalue weighted by Gasteiger charge is -2.14. The fourth-order valence-corrected chi connectivity index (χ4v) is 3.84. The topological polar surface area (TPSA) is 134 Å². The predicted molar refractivity (Wildman–Crippen MR) is 149 cm³/mol. The normalized spacial score (nSPS) is 10.6. The highest BCUT2D eigenvalue weighted by Crippen LogP contribution is 2.38. The maximum absolute atomic E-state index is 12.5. The van der Waals surface area contributed by atoms with Crippen molar-refractivity contribution in [3.8, 4) is 28.7 Å². The number of nitrogens with zero attached hydrogens (tertiary/aromatic N) is 1. The summed E-state index contributed by atoms with van der Waals surface area (Å²) >= 11 is 11.9. The second-order valence-corrected chi connectivity index (χ2v) is 8.66. The number of benzene rings is 3. The van der Waals surface area contributed by atoms with E-state index in [0.29, 0.717) is 27.8 Å². The standard InChI is InChI=1S/C27H25Cl2N3O8/c1-36-21-9-15(5-8-20(21)40-27(35)18-7-6-17(28)12-19(18)29)13-31-32-24(33)14-30-26(34)16-10-22(37-2)25(39-4)23(11-16)38-3/h5-13H,14H2,1-4H3,(H,30,34)(H,32,33). The Morgan fingerprint density at radius 1 is 0.825 bits per heavy atom. The molecule has 0 aliphatic carbocycles. The van der Waals surface area contributed by atoms with Crippen LogP contribution in [-0.2, 0) is 4.79 Å². The fourth-order valence-electron chi connectivity index (χ4n) is 3.35. The molecular formula is C27H25Cl2N3O8. The number of hydrazone groups is 1. The van der Waals surface area contributed by atoms with Gasteiger partial charge in [0.25, 0.3) is 11.8 Å². The van der Waals surface area contributed by atoms with E-state index in [1.54, 1.807) is 12.1 Å². The molecule has 0 unspecified atom stereocenters. The Hall–Kier alpha value is -4.48. The summed E-state index contributed by atoms with van der Waals surface area (Å²) in [7, 11) is 5.71. The highest BCUT2D eigenvalue weighted by atomic mass is 35.5. The van der Waals surface area contributed by atoms with Crippen LogP contribution < -0.4 is 34.4 Å². The molecular weight excluding hydrogens is 565 g/mol. The van der Waals surface area contributed by atoms with Gasteiger partial charge < -0.3 is 29.0 Å². The van der Waals surface area contributed by atoms with Crippen molar-refractivity contribution in [1.82, 2.24) is 10.7 Å². The van der Waals surface area contributed by atoms with Crippen LogP contribution in [0.15, 0.2) is 53.6 Å². The second kappa shape index (κ2) is 14.1. The quantitative estimate of drug-likeness (QED) is 0.148. The smallest absolute Gasteiger partial charge is 0.345 e. The summed E-state index contributed by atoms with van der Waals surface area (Å²) in [5.41, 5.74) is 3.19. The van der Waals surface area contributed by atoms with Crippen molar-refractivity contribution in [1.29, 1.82) is 0 Å². The number of nitrogens with one attached hydrogen (secondary N) is 2. The maximum atomic E-state index is 12.5. The van der Waals surface area contributed by atoms with Crippen molar-refractivity contribution in [2.24, 2.45) is 5.10 Å². The molecule has 0 radical (unpaired) electrons. The van der Waals surface area contributed by atoms with E-state index in [1.807, 2.05) is 0 Å². The van der Waals surface area contributed by atoms with Gasteiger partial charge in [-0.3, -0.25) is 9.59 Å². The van der Waals surface area contributed by atoms with Crippen LogP contribution in [0.5, 0.6) is 28.7 Å². The van der Waals surface area contributed by atoms with Gasteiger partial charge in [-0.2, -0.15) is 5.10 Å². The molecule has 0 saturated carbocycles. The summed E-state index contributed by atoms with van der Waals surface area (Å²) in [6.45, 7) is -0.349. The Morgan fingerprint density at radius 2 is 1.50 bits per heavy atom. The second-order valence-electron chi connectivity index (χ2n) is 7.81. The minimum atomic E-state index is -0.692. The molecule has 11 nitrogen and oxygen atoms in total. The van der Waals surface area contributed by atoms with Gasteiger partial charge in [-0.25, -0.2) is 10.2 Å². The average Bonchev–Trinajstić information content (AvgIpc) is 2.95.